The van der Waals surface area contributed by atoms with Crippen molar-refractivity contribution in [2.24, 2.45) is 0 Å². The molecule has 3 nitrogen and oxygen atoms in total. The highest BCUT2D eigenvalue weighted by molar-refractivity contribution is 7.98. The van der Waals surface area contributed by atoms with E-state index in [0.717, 1.165) is 35.4 Å². The van der Waals surface area contributed by atoms with Gasteiger partial charge in [-0.05, 0) is 12.0 Å². The van der Waals surface area contributed by atoms with Gasteiger partial charge in [-0.2, -0.15) is 0 Å². The molecule has 21 heavy (non-hydrogen) atoms. The highest BCUT2D eigenvalue weighted by Crippen LogP contribution is 2.24. The summed E-state index contributed by atoms with van der Waals surface area (Å²) in [6, 6.07) is 12.5. The molecule has 0 aliphatic rings. The zero-order valence-corrected chi connectivity index (χ0v) is 13.8. The molecule has 0 fully saturated rings. The number of anilines is 1. The summed E-state index contributed by atoms with van der Waals surface area (Å²) >= 11 is 1.76. The summed E-state index contributed by atoms with van der Waals surface area (Å²) in [6.07, 6.45) is 1.09. The van der Waals surface area contributed by atoms with E-state index in [2.05, 4.69) is 66.4 Å². The summed E-state index contributed by atoms with van der Waals surface area (Å²) in [5, 5.41) is 4.40. The van der Waals surface area contributed by atoms with Crippen LogP contribution in [0.25, 0.3) is 0 Å². The highest BCUT2D eigenvalue weighted by Gasteiger charge is 2.08. The Balaban J connectivity index is 2.11. The van der Waals surface area contributed by atoms with E-state index in [1.54, 1.807) is 11.8 Å². The highest BCUT2D eigenvalue weighted by atomic mass is 32.2. The lowest BCUT2D eigenvalue weighted by Gasteiger charge is -2.11. The molecule has 0 saturated carbocycles. The van der Waals surface area contributed by atoms with Crippen molar-refractivity contribution in [1.29, 1.82) is 0 Å². The van der Waals surface area contributed by atoms with Gasteiger partial charge in [-0.25, -0.2) is 9.97 Å². The molecule has 2 rings (SSSR count). The predicted octanol–water partition coefficient (Wildman–Crippen LogP) is 4.71. The van der Waals surface area contributed by atoms with Crippen LogP contribution in [0.5, 0.6) is 0 Å². The van der Waals surface area contributed by atoms with Gasteiger partial charge in [0.05, 0.1) is 0 Å². The van der Waals surface area contributed by atoms with Crippen molar-refractivity contribution in [1.82, 2.24) is 9.97 Å². The fourth-order valence-electron chi connectivity index (χ4n) is 1.85. The minimum absolute atomic E-state index is 0.337. The van der Waals surface area contributed by atoms with E-state index in [-0.39, 0.29) is 0 Å². The standard InChI is InChI=1S/C17H23N3S/c1-4-10-18-15-11-16(20-17(19-15)13(2)3)21-12-14-8-6-5-7-9-14/h5-9,11,13H,4,10,12H2,1-3H3,(H,18,19,20). The minimum atomic E-state index is 0.337. The molecule has 0 unspecified atom stereocenters. The van der Waals surface area contributed by atoms with Crippen LogP contribution in [-0.4, -0.2) is 16.5 Å². The summed E-state index contributed by atoms with van der Waals surface area (Å²) in [4.78, 5) is 9.26. The average Bonchev–Trinajstić information content (AvgIpc) is 2.51. The molecular weight excluding hydrogens is 278 g/mol. The molecule has 112 valence electrons. The maximum atomic E-state index is 4.67. The monoisotopic (exact) mass is 301 g/mol. The third-order valence-corrected chi connectivity index (χ3v) is 4.00. The first-order valence-electron chi connectivity index (χ1n) is 7.48. The molecule has 1 N–H and O–H groups in total. The average molecular weight is 301 g/mol. The lowest BCUT2D eigenvalue weighted by molar-refractivity contribution is 0.753. The normalized spacial score (nSPS) is 10.9. The third-order valence-electron chi connectivity index (χ3n) is 3.02. The van der Waals surface area contributed by atoms with Crippen LogP contribution in [0.4, 0.5) is 5.82 Å². The molecule has 0 atom stereocenters. The van der Waals surface area contributed by atoms with Crippen molar-refractivity contribution in [3.05, 3.63) is 47.8 Å². The van der Waals surface area contributed by atoms with Crippen LogP contribution in [0.1, 0.15) is 44.5 Å². The van der Waals surface area contributed by atoms with Gasteiger partial charge in [0.15, 0.2) is 0 Å². The molecule has 0 radical (unpaired) electrons. The Morgan fingerprint density at radius 1 is 1.14 bits per heavy atom. The molecule has 1 aromatic heterocycles. The maximum Gasteiger partial charge on any atom is 0.134 e. The van der Waals surface area contributed by atoms with Crippen LogP contribution < -0.4 is 5.32 Å². The predicted molar refractivity (Wildman–Crippen MR) is 90.9 cm³/mol. The number of rotatable bonds is 7. The van der Waals surface area contributed by atoms with E-state index < -0.39 is 0 Å². The first-order valence-corrected chi connectivity index (χ1v) is 8.47. The Hall–Kier alpha value is -1.55. The van der Waals surface area contributed by atoms with Crippen LogP contribution >= 0.6 is 11.8 Å². The molecule has 4 heteroatoms. The number of hydrogen-bond acceptors (Lipinski definition) is 4. The van der Waals surface area contributed by atoms with Crippen molar-refractivity contribution < 1.29 is 0 Å². The first-order chi connectivity index (χ1) is 10.2. The van der Waals surface area contributed by atoms with Crippen molar-refractivity contribution >= 4 is 17.6 Å². The second-order valence-electron chi connectivity index (χ2n) is 5.31. The summed E-state index contributed by atoms with van der Waals surface area (Å²) in [7, 11) is 0. The zero-order valence-electron chi connectivity index (χ0n) is 13.0. The van der Waals surface area contributed by atoms with Gasteiger partial charge >= 0.3 is 0 Å². The van der Waals surface area contributed by atoms with Crippen molar-refractivity contribution in [3.8, 4) is 0 Å². The molecule has 0 bridgehead atoms. The summed E-state index contributed by atoms with van der Waals surface area (Å²) in [5.74, 6) is 3.12. The van der Waals surface area contributed by atoms with Crippen LogP contribution in [0.3, 0.4) is 0 Å². The quantitative estimate of drug-likeness (QED) is 0.593. The van der Waals surface area contributed by atoms with E-state index in [4.69, 9.17) is 0 Å². The molecular formula is C17H23N3S. The van der Waals surface area contributed by atoms with Gasteiger partial charge in [0.1, 0.15) is 16.7 Å². The molecule has 0 spiro atoms. The van der Waals surface area contributed by atoms with Gasteiger partial charge in [-0.3, -0.25) is 0 Å². The maximum absolute atomic E-state index is 4.67. The van der Waals surface area contributed by atoms with Crippen molar-refractivity contribution in [2.75, 3.05) is 11.9 Å². The molecule has 0 amide bonds. The van der Waals surface area contributed by atoms with Gasteiger partial charge in [0, 0.05) is 24.3 Å². The molecule has 0 saturated heterocycles. The number of aromatic nitrogens is 2. The second-order valence-corrected chi connectivity index (χ2v) is 6.30. The molecule has 1 aromatic carbocycles. The number of hydrogen-bond donors (Lipinski definition) is 1. The number of benzene rings is 1. The van der Waals surface area contributed by atoms with E-state index in [0.29, 0.717) is 5.92 Å². The Kier molecular flexibility index (Phi) is 6.05. The van der Waals surface area contributed by atoms with E-state index >= 15 is 0 Å². The van der Waals surface area contributed by atoms with E-state index in [9.17, 15) is 0 Å². The van der Waals surface area contributed by atoms with Crippen LogP contribution in [0.2, 0.25) is 0 Å². The van der Waals surface area contributed by atoms with Gasteiger partial charge in [0.2, 0.25) is 0 Å². The van der Waals surface area contributed by atoms with Crippen LogP contribution in [0, 0.1) is 0 Å². The molecule has 1 heterocycles. The fraction of sp³-hybridized carbons (Fsp3) is 0.412. The van der Waals surface area contributed by atoms with Gasteiger partial charge in [0.25, 0.3) is 0 Å². The summed E-state index contributed by atoms with van der Waals surface area (Å²) in [5.41, 5.74) is 1.32. The SMILES string of the molecule is CCCNc1cc(SCc2ccccc2)nc(C(C)C)n1. The van der Waals surface area contributed by atoms with Gasteiger partial charge in [-0.1, -0.05) is 51.1 Å². The van der Waals surface area contributed by atoms with Crippen LogP contribution in [-0.2, 0) is 5.75 Å². The van der Waals surface area contributed by atoms with E-state index in [1.807, 2.05) is 6.07 Å². The largest absolute Gasteiger partial charge is 0.370 e. The topological polar surface area (TPSA) is 37.8 Å². The smallest absolute Gasteiger partial charge is 0.134 e. The summed E-state index contributed by atoms with van der Waals surface area (Å²) in [6.45, 7) is 7.36. The number of nitrogens with one attached hydrogen (secondary N) is 1. The molecule has 2 aromatic rings. The molecule has 0 aliphatic heterocycles. The second kappa shape index (κ2) is 8.03. The Morgan fingerprint density at radius 2 is 1.90 bits per heavy atom. The van der Waals surface area contributed by atoms with Crippen LogP contribution in [0.15, 0.2) is 41.4 Å². The zero-order chi connectivity index (χ0) is 15.1. The van der Waals surface area contributed by atoms with Crippen molar-refractivity contribution in [3.63, 3.8) is 0 Å². The number of nitrogens with zero attached hydrogens (tertiary/aromatic N) is 2. The Bertz CT molecular complexity index is 555. The van der Waals surface area contributed by atoms with E-state index in [1.165, 1.54) is 5.56 Å². The van der Waals surface area contributed by atoms with Gasteiger partial charge in [-0.15, -0.1) is 11.8 Å². The van der Waals surface area contributed by atoms with Gasteiger partial charge < -0.3 is 5.32 Å². The third kappa shape index (κ3) is 5.05. The minimum Gasteiger partial charge on any atom is -0.370 e. The Labute approximate surface area is 131 Å². The lowest BCUT2D eigenvalue weighted by Crippen LogP contribution is -2.06. The molecule has 0 aliphatic carbocycles. The Morgan fingerprint density at radius 3 is 2.57 bits per heavy atom. The first kappa shape index (κ1) is 15.8. The van der Waals surface area contributed by atoms with Crippen molar-refractivity contribution in [2.45, 2.75) is 43.9 Å². The number of thioether (sulfide) groups is 1. The lowest BCUT2D eigenvalue weighted by atomic mass is 10.2. The summed E-state index contributed by atoms with van der Waals surface area (Å²) < 4.78 is 0. The fourth-order valence-corrected chi connectivity index (χ4v) is 2.71.